The molecule has 2 saturated heterocycles. The first-order valence-corrected chi connectivity index (χ1v) is 8.39. The van der Waals surface area contributed by atoms with Crippen molar-refractivity contribution in [3.63, 3.8) is 0 Å². The van der Waals surface area contributed by atoms with E-state index in [1.807, 2.05) is 0 Å². The van der Waals surface area contributed by atoms with Gasteiger partial charge in [-0.2, -0.15) is 0 Å². The van der Waals surface area contributed by atoms with Gasteiger partial charge < -0.3 is 15.0 Å². The summed E-state index contributed by atoms with van der Waals surface area (Å²) in [5, 5.41) is 3.41. The first kappa shape index (κ1) is 15.3. The van der Waals surface area contributed by atoms with Crippen LogP contribution in [0.15, 0.2) is 0 Å². The van der Waals surface area contributed by atoms with Crippen LogP contribution in [0.25, 0.3) is 0 Å². The zero-order chi connectivity index (χ0) is 14.9. The van der Waals surface area contributed by atoms with E-state index in [0.717, 1.165) is 52.3 Å². The number of nitrogens with zero attached hydrogens (tertiary/aromatic N) is 2. The molecule has 21 heavy (non-hydrogen) atoms. The minimum absolute atomic E-state index is 0.317. The van der Waals surface area contributed by atoms with Crippen molar-refractivity contribution in [1.29, 1.82) is 0 Å². The number of nitrogens with one attached hydrogen (secondary N) is 1. The molecular formula is C16H29N3O2. The van der Waals surface area contributed by atoms with Gasteiger partial charge in [0.15, 0.2) is 0 Å². The molecule has 1 amide bonds. The largest absolute Gasteiger partial charge is 0.383 e. The molecule has 0 aromatic carbocycles. The van der Waals surface area contributed by atoms with E-state index >= 15 is 0 Å². The van der Waals surface area contributed by atoms with Crippen LogP contribution >= 0.6 is 0 Å². The highest BCUT2D eigenvalue weighted by Crippen LogP contribution is 2.59. The van der Waals surface area contributed by atoms with Crippen LogP contribution in [-0.4, -0.2) is 74.7 Å². The van der Waals surface area contributed by atoms with Gasteiger partial charge in [0.2, 0.25) is 5.91 Å². The molecule has 2 heterocycles. The van der Waals surface area contributed by atoms with Gasteiger partial charge in [0.05, 0.1) is 6.61 Å². The monoisotopic (exact) mass is 295 g/mol. The maximum Gasteiger partial charge on any atom is 0.226 e. The lowest BCUT2D eigenvalue weighted by molar-refractivity contribution is -0.136. The van der Waals surface area contributed by atoms with Crippen LogP contribution in [-0.2, 0) is 9.53 Å². The summed E-state index contributed by atoms with van der Waals surface area (Å²) < 4.78 is 5.16. The minimum Gasteiger partial charge on any atom is -0.383 e. The fourth-order valence-corrected chi connectivity index (χ4v) is 4.13. The van der Waals surface area contributed by atoms with Crippen LogP contribution < -0.4 is 5.32 Å². The van der Waals surface area contributed by atoms with Crippen molar-refractivity contribution in [3.05, 3.63) is 0 Å². The lowest BCUT2D eigenvalue weighted by Crippen LogP contribution is -2.54. The van der Waals surface area contributed by atoms with Crippen LogP contribution in [0.4, 0.5) is 0 Å². The van der Waals surface area contributed by atoms with Gasteiger partial charge in [-0.15, -0.1) is 0 Å². The summed E-state index contributed by atoms with van der Waals surface area (Å²) in [6.07, 6.45) is 3.51. The van der Waals surface area contributed by atoms with Gasteiger partial charge in [-0.1, -0.05) is 0 Å². The van der Waals surface area contributed by atoms with Crippen molar-refractivity contribution in [2.24, 2.45) is 11.3 Å². The highest BCUT2D eigenvalue weighted by atomic mass is 16.5. The van der Waals surface area contributed by atoms with E-state index < -0.39 is 0 Å². The van der Waals surface area contributed by atoms with E-state index in [1.165, 1.54) is 12.8 Å². The molecule has 1 spiro atoms. The summed E-state index contributed by atoms with van der Waals surface area (Å²) in [5.41, 5.74) is 0.360. The molecule has 3 fully saturated rings. The van der Waals surface area contributed by atoms with Gasteiger partial charge in [-0.3, -0.25) is 9.69 Å². The number of carbonyl (C=O) groups is 1. The minimum atomic E-state index is 0.317. The lowest BCUT2D eigenvalue weighted by Gasteiger charge is -2.40. The molecule has 1 saturated carbocycles. The Hall–Kier alpha value is -0.650. The van der Waals surface area contributed by atoms with E-state index in [-0.39, 0.29) is 0 Å². The fraction of sp³-hybridized carbons (Fsp3) is 0.938. The molecular weight excluding hydrogens is 266 g/mol. The van der Waals surface area contributed by atoms with Crippen LogP contribution in [0.2, 0.25) is 0 Å². The van der Waals surface area contributed by atoms with Crippen LogP contribution in [0.3, 0.4) is 0 Å². The highest BCUT2D eigenvalue weighted by molar-refractivity contribution is 5.83. The molecule has 2 aliphatic heterocycles. The van der Waals surface area contributed by atoms with Gasteiger partial charge in [-0.25, -0.2) is 0 Å². The van der Waals surface area contributed by atoms with Crippen molar-refractivity contribution in [3.8, 4) is 0 Å². The van der Waals surface area contributed by atoms with Crippen LogP contribution in [0, 0.1) is 11.3 Å². The van der Waals surface area contributed by atoms with Crippen molar-refractivity contribution >= 4 is 5.91 Å². The molecule has 0 aromatic rings. The standard InChI is InChI=1S/C16H29N3O2/c1-13-12-19(8-7-18(13)9-10-21-2)15(20)14-11-16(14)3-5-17-6-4-16/h13-14,17H,3-12H2,1-2H3. The second-order valence-corrected chi connectivity index (χ2v) is 7.03. The predicted molar refractivity (Wildman–Crippen MR) is 82.1 cm³/mol. The Morgan fingerprint density at radius 3 is 2.76 bits per heavy atom. The lowest BCUT2D eigenvalue weighted by atomic mass is 9.91. The summed E-state index contributed by atoms with van der Waals surface area (Å²) in [4.78, 5) is 17.3. The third-order valence-electron chi connectivity index (χ3n) is 5.75. The zero-order valence-electron chi connectivity index (χ0n) is 13.4. The normalized spacial score (nSPS) is 32.4. The quantitative estimate of drug-likeness (QED) is 0.823. The van der Waals surface area contributed by atoms with Crippen molar-refractivity contribution in [2.45, 2.75) is 32.2 Å². The summed E-state index contributed by atoms with van der Waals surface area (Å²) in [6.45, 7) is 8.90. The first-order valence-electron chi connectivity index (χ1n) is 8.39. The van der Waals surface area contributed by atoms with Gasteiger partial charge in [0, 0.05) is 45.2 Å². The van der Waals surface area contributed by atoms with Crippen molar-refractivity contribution in [1.82, 2.24) is 15.1 Å². The van der Waals surface area contributed by atoms with E-state index in [4.69, 9.17) is 4.74 Å². The van der Waals surface area contributed by atoms with Gasteiger partial charge >= 0.3 is 0 Å². The van der Waals surface area contributed by atoms with E-state index in [9.17, 15) is 4.79 Å². The molecule has 0 radical (unpaired) electrons. The first-order chi connectivity index (χ1) is 10.2. The topological polar surface area (TPSA) is 44.8 Å². The summed E-state index contributed by atoms with van der Waals surface area (Å²) >= 11 is 0. The Balaban J connectivity index is 1.51. The number of ether oxygens (including phenoxy) is 1. The number of hydrogen-bond acceptors (Lipinski definition) is 4. The van der Waals surface area contributed by atoms with Gasteiger partial charge in [0.1, 0.15) is 0 Å². The Morgan fingerprint density at radius 1 is 1.33 bits per heavy atom. The number of methoxy groups -OCH3 is 1. The molecule has 1 aliphatic carbocycles. The number of carbonyl (C=O) groups excluding carboxylic acids is 1. The number of hydrogen-bond donors (Lipinski definition) is 1. The number of piperazine rings is 1. The van der Waals surface area contributed by atoms with E-state index in [0.29, 0.717) is 23.3 Å². The molecule has 0 bridgehead atoms. The Bertz CT molecular complexity index is 382. The zero-order valence-corrected chi connectivity index (χ0v) is 13.4. The molecule has 5 heteroatoms. The highest BCUT2D eigenvalue weighted by Gasteiger charge is 2.58. The third-order valence-corrected chi connectivity index (χ3v) is 5.75. The SMILES string of the molecule is COCCN1CCN(C(=O)C2CC23CCNCC3)CC1C. The maximum absolute atomic E-state index is 12.8. The van der Waals surface area contributed by atoms with E-state index in [2.05, 4.69) is 22.0 Å². The Labute approximate surface area is 128 Å². The number of piperidine rings is 1. The van der Waals surface area contributed by atoms with E-state index in [1.54, 1.807) is 7.11 Å². The summed E-state index contributed by atoms with van der Waals surface area (Å²) in [5.74, 6) is 0.743. The number of amides is 1. The molecule has 0 aromatic heterocycles. The predicted octanol–water partition coefficient (Wildman–Crippen LogP) is 0.555. The van der Waals surface area contributed by atoms with Crippen molar-refractivity contribution < 1.29 is 9.53 Å². The molecule has 2 atom stereocenters. The van der Waals surface area contributed by atoms with Crippen LogP contribution in [0.1, 0.15) is 26.2 Å². The molecule has 3 rings (SSSR count). The van der Waals surface area contributed by atoms with Gasteiger partial charge in [-0.05, 0) is 44.7 Å². The second kappa shape index (κ2) is 6.23. The molecule has 1 N–H and O–H groups in total. The summed E-state index contributed by atoms with van der Waals surface area (Å²) in [7, 11) is 1.75. The molecule has 120 valence electrons. The molecule has 5 nitrogen and oxygen atoms in total. The third kappa shape index (κ3) is 3.10. The smallest absolute Gasteiger partial charge is 0.226 e. The van der Waals surface area contributed by atoms with Crippen molar-refractivity contribution in [2.75, 3.05) is 53.0 Å². The van der Waals surface area contributed by atoms with Gasteiger partial charge in [0.25, 0.3) is 0 Å². The second-order valence-electron chi connectivity index (χ2n) is 7.03. The Kier molecular flexibility index (Phi) is 4.52. The Morgan fingerprint density at radius 2 is 2.10 bits per heavy atom. The average molecular weight is 295 g/mol. The molecule has 2 unspecified atom stereocenters. The summed E-state index contributed by atoms with van der Waals surface area (Å²) in [6, 6.07) is 0.445. The average Bonchev–Trinajstić information content (AvgIpc) is 3.19. The number of rotatable bonds is 4. The maximum atomic E-state index is 12.8. The fourth-order valence-electron chi connectivity index (χ4n) is 4.13. The molecule has 3 aliphatic rings. The van der Waals surface area contributed by atoms with Crippen LogP contribution in [0.5, 0.6) is 0 Å².